The van der Waals surface area contributed by atoms with Crippen molar-refractivity contribution < 1.29 is 18.8 Å². The maximum atomic E-state index is 12.3. The van der Waals surface area contributed by atoms with Crippen molar-refractivity contribution in [2.45, 2.75) is 97.3 Å². The number of ether oxygens (including phenoxy) is 2. The van der Waals surface area contributed by atoms with Gasteiger partial charge in [0, 0.05) is 18.9 Å². The third-order valence-corrected chi connectivity index (χ3v) is 6.41. The van der Waals surface area contributed by atoms with Crippen molar-refractivity contribution in [3.8, 4) is 5.75 Å². The third-order valence-electron chi connectivity index (χ3n) is 6.41. The number of hydrogen-bond donors (Lipinski definition) is 0. The molecule has 0 radical (unpaired) electrons. The van der Waals surface area contributed by atoms with Crippen LogP contribution in [0.25, 0.3) is 0 Å². The molecular formula is C31H48NO3+. The highest BCUT2D eigenvalue weighted by Crippen LogP contribution is 2.18. The quantitative estimate of drug-likeness (QED) is 0.0945. The topological polar surface area (TPSA) is 35.5 Å². The lowest BCUT2D eigenvalue weighted by atomic mass is 10.0. The van der Waals surface area contributed by atoms with Crippen molar-refractivity contribution in [2.75, 3.05) is 20.6 Å². The first-order valence-electron chi connectivity index (χ1n) is 13.7. The Morgan fingerprint density at radius 3 is 2.26 bits per heavy atom. The fourth-order valence-corrected chi connectivity index (χ4v) is 4.49. The SMILES string of the molecule is CCCCCCCCCc1cccc(OC(C)OC(=O)CCCC[N+](C)(C)Cc2ccccc2)c1. The average molecular weight is 483 g/mol. The van der Waals surface area contributed by atoms with Gasteiger partial charge >= 0.3 is 5.97 Å². The predicted molar refractivity (Wildman–Crippen MR) is 145 cm³/mol. The molecule has 0 N–H and O–H groups in total. The van der Waals surface area contributed by atoms with Crippen LogP contribution >= 0.6 is 0 Å². The van der Waals surface area contributed by atoms with Gasteiger partial charge in [-0.3, -0.25) is 4.79 Å². The maximum absolute atomic E-state index is 12.3. The van der Waals surface area contributed by atoms with Gasteiger partial charge in [-0.1, -0.05) is 87.9 Å². The first-order valence-corrected chi connectivity index (χ1v) is 13.7. The summed E-state index contributed by atoms with van der Waals surface area (Å²) in [6.07, 6.45) is 11.9. The van der Waals surface area contributed by atoms with Gasteiger partial charge in [0.15, 0.2) is 0 Å². The minimum atomic E-state index is -0.582. The lowest BCUT2D eigenvalue weighted by molar-refractivity contribution is -0.903. The van der Waals surface area contributed by atoms with Gasteiger partial charge in [0.2, 0.25) is 6.29 Å². The van der Waals surface area contributed by atoms with Crippen LogP contribution in [0.15, 0.2) is 54.6 Å². The molecule has 2 rings (SSSR count). The van der Waals surface area contributed by atoms with Gasteiger partial charge in [-0.15, -0.1) is 0 Å². The number of esters is 1. The Morgan fingerprint density at radius 1 is 0.829 bits per heavy atom. The summed E-state index contributed by atoms with van der Waals surface area (Å²) in [6.45, 7) is 6.07. The molecule has 35 heavy (non-hydrogen) atoms. The molecule has 0 aliphatic rings. The summed E-state index contributed by atoms with van der Waals surface area (Å²) in [7, 11) is 4.48. The van der Waals surface area contributed by atoms with Gasteiger partial charge in [0.05, 0.1) is 20.6 Å². The minimum Gasteiger partial charge on any atom is -0.455 e. The molecule has 0 amide bonds. The minimum absolute atomic E-state index is 0.190. The molecule has 0 heterocycles. The Balaban J connectivity index is 1.61. The molecular weight excluding hydrogens is 434 g/mol. The van der Waals surface area contributed by atoms with Gasteiger partial charge < -0.3 is 14.0 Å². The molecule has 2 aromatic rings. The molecule has 0 aliphatic heterocycles. The summed E-state index contributed by atoms with van der Waals surface area (Å²) in [5.74, 6) is 0.579. The van der Waals surface area contributed by atoms with Crippen molar-refractivity contribution >= 4 is 5.97 Å². The predicted octanol–water partition coefficient (Wildman–Crippen LogP) is 7.69. The van der Waals surface area contributed by atoms with Crippen LogP contribution in [0.4, 0.5) is 0 Å². The van der Waals surface area contributed by atoms with Gasteiger partial charge in [-0.25, -0.2) is 0 Å². The standard InChI is InChI=1S/C31H48NO3/c1-5-6-7-8-9-10-12-18-28-21-17-22-30(25-28)34-27(2)35-31(33)23-15-16-24-32(3,4)26-29-19-13-11-14-20-29/h11,13-14,17,19-22,25,27H,5-10,12,15-16,18,23-24,26H2,1-4H3/q+1. The molecule has 0 saturated heterocycles. The van der Waals surface area contributed by atoms with E-state index in [1.54, 1.807) is 6.92 Å². The Morgan fingerprint density at radius 2 is 1.51 bits per heavy atom. The van der Waals surface area contributed by atoms with Crippen LogP contribution in [0.1, 0.15) is 89.2 Å². The van der Waals surface area contributed by atoms with E-state index in [9.17, 15) is 4.79 Å². The van der Waals surface area contributed by atoms with Gasteiger partial charge in [0.1, 0.15) is 12.3 Å². The monoisotopic (exact) mass is 482 g/mol. The van der Waals surface area contributed by atoms with E-state index in [2.05, 4.69) is 57.4 Å². The summed E-state index contributed by atoms with van der Waals surface area (Å²) in [5, 5.41) is 0. The lowest BCUT2D eigenvalue weighted by Crippen LogP contribution is -2.39. The molecule has 0 aromatic heterocycles. The zero-order valence-electron chi connectivity index (χ0n) is 22.6. The highest BCUT2D eigenvalue weighted by Gasteiger charge is 2.16. The molecule has 0 fully saturated rings. The van der Waals surface area contributed by atoms with E-state index in [1.165, 1.54) is 56.1 Å². The maximum Gasteiger partial charge on any atom is 0.308 e. The normalized spacial score (nSPS) is 12.3. The molecule has 0 aliphatic carbocycles. The molecule has 194 valence electrons. The van der Waals surface area contributed by atoms with Crippen molar-refractivity contribution in [2.24, 2.45) is 0 Å². The van der Waals surface area contributed by atoms with Gasteiger partial charge in [0.25, 0.3) is 0 Å². The Labute approximate surface area is 214 Å². The second-order valence-corrected chi connectivity index (χ2v) is 10.5. The van der Waals surface area contributed by atoms with Gasteiger partial charge in [-0.2, -0.15) is 0 Å². The number of carbonyl (C=O) groups excluding carboxylic acids is 1. The van der Waals surface area contributed by atoms with Crippen LogP contribution in [0, 0.1) is 0 Å². The number of rotatable bonds is 18. The molecule has 1 atom stereocenters. The molecule has 0 bridgehead atoms. The van der Waals surface area contributed by atoms with E-state index in [0.717, 1.165) is 42.6 Å². The summed E-state index contributed by atoms with van der Waals surface area (Å²) in [4.78, 5) is 12.3. The smallest absolute Gasteiger partial charge is 0.308 e. The number of aryl methyl sites for hydroxylation is 1. The third kappa shape index (κ3) is 13.4. The van der Waals surface area contributed by atoms with E-state index >= 15 is 0 Å². The average Bonchev–Trinajstić information content (AvgIpc) is 2.82. The van der Waals surface area contributed by atoms with E-state index in [0.29, 0.717) is 6.42 Å². The fraction of sp³-hybridized carbons (Fsp3) is 0.581. The van der Waals surface area contributed by atoms with Crippen LogP contribution in [0.2, 0.25) is 0 Å². The van der Waals surface area contributed by atoms with Crippen molar-refractivity contribution in [3.05, 3.63) is 65.7 Å². The Bertz CT molecular complexity index is 834. The molecule has 2 aromatic carbocycles. The number of carbonyl (C=O) groups is 1. The van der Waals surface area contributed by atoms with Crippen LogP contribution in [0.5, 0.6) is 5.75 Å². The second-order valence-electron chi connectivity index (χ2n) is 10.5. The van der Waals surface area contributed by atoms with Gasteiger partial charge in [-0.05, 0) is 43.4 Å². The van der Waals surface area contributed by atoms with Crippen molar-refractivity contribution in [1.82, 2.24) is 0 Å². The van der Waals surface area contributed by atoms with E-state index < -0.39 is 6.29 Å². The number of nitrogens with zero attached hydrogens (tertiary/aromatic N) is 1. The Kier molecular flexibility index (Phi) is 13.5. The highest BCUT2D eigenvalue weighted by atomic mass is 16.7. The summed E-state index contributed by atoms with van der Waals surface area (Å²) in [5.41, 5.74) is 2.63. The van der Waals surface area contributed by atoms with Crippen LogP contribution < -0.4 is 4.74 Å². The zero-order chi connectivity index (χ0) is 25.4. The number of quaternary nitrogens is 1. The molecule has 0 spiro atoms. The molecule has 1 unspecified atom stereocenters. The molecule has 0 saturated carbocycles. The molecule has 4 nitrogen and oxygen atoms in total. The fourth-order valence-electron chi connectivity index (χ4n) is 4.49. The van der Waals surface area contributed by atoms with E-state index in [-0.39, 0.29) is 5.97 Å². The zero-order valence-corrected chi connectivity index (χ0v) is 22.6. The number of unbranched alkanes of at least 4 members (excludes halogenated alkanes) is 7. The highest BCUT2D eigenvalue weighted by molar-refractivity contribution is 5.69. The molecule has 4 heteroatoms. The Hall–Kier alpha value is -2.33. The van der Waals surface area contributed by atoms with E-state index in [1.807, 2.05) is 18.2 Å². The van der Waals surface area contributed by atoms with Crippen molar-refractivity contribution in [1.29, 1.82) is 0 Å². The first kappa shape index (κ1) is 28.9. The summed E-state index contributed by atoms with van der Waals surface area (Å²) < 4.78 is 12.3. The summed E-state index contributed by atoms with van der Waals surface area (Å²) in [6, 6.07) is 18.7. The lowest BCUT2D eigenvalue weighted by Gasteiger charge is -2.30. The van der Waals surface area contributed by atoms with Crippen LogP contribution in [-0.4, -0.2) is 37.4 Å². The largest absolute Gasteiger partial charge is 0.455 e. The van der Waals surface area contributed by atoms with Crippen LogP contribution in [0.3, 0.4) is 0 Å². The van der Waals surface area contributed by atoms with Crippen LogP contribution in [-0.2, 0) is 22.5 Å². The second kappa shape index (κ2) is 16.4. The van der Waals surface area contributed by atoms with E-state index in [4.69, 9.17) is 9.47 Å². The number of hydrogen-bond acceptors (Lipinski definition) is 3. The number of benzene rings is 2. The van der Waals surface area contributed by atoms with Crippen molar-refractivity contribution in [3.63, 3.8) is 0 Å². The summed E-state index contributed by atoms with van der Waals surface area (Å²) >= 11 is 0. The first-order chi connectivity index (χ1) is 16.9.